The molecule has 106 valence electrons. The van der Waals surface area contributed by atoms with Gasteiger partial charge in [-0.05, 0) is 43.9 Å². The molecule has 0 aromatic heterocycles. The highest BCUT2D eigenvalue weighted by Crippen LogP contribution is 2.34. The highest BCUT2D eigenvalue weighted by molar-refractivity contribution is 5.95. The molecule has 1 aliphatic carbocycles. The van der Waals surface area contributed by atoms with Gasteiger partial charge in [-0.25, -0.2) is 0 Å². The number of carbonyl (C=O) groups excluding carboxylic acids is 2. The van der Waals surface area contributed by atoms with Crippen LogP contribution in [0.15, 0.2) is 0 Å². The number of rotatable bonds is 1. The van der Waals surface area contributed by atoms with E-state index >= 15 is 0 Å². The monoisotopic (exact) mass is 264 g/mol. The third-order valence-electron chi connectivity index (χ3n) is 5.46. The SMILES string of the molecule is CC1CCC(N2CC(=O)N3CCCC3C2=O)CC1C. The molecule has 0 spiro atoms. The molecule has 2 saturated heterocycles. The first-order valence-corrected chi connectivity index (χ1v) is 7.68. The van der Waals surface area contributed by atoms with Crippen molar-refractivity contribution in [2.75, 3.05) is 13.1 Å². The van der Waals surface area contributed by atoms with Crippen molar-refractivity contribution < 1.29 is 9.59 Å². The Morgan fingerprint density at radius 1 is 1.00 bits per heavy atom. The van der Waals surface area contributed by atoms with Gasteiger partial charge in [0.2, 0.25) is 11.8 Å². The Bertz CT molecular complexity index is 396. The highest BCUT2D eigenvalue weighted by Gasteiger charge is 2.44. The molecule has 0 aromatic rings. The molecular weight excluding hydrogens is 240 g/mol. The fraction of sp³-hybridized carbons (Fsp3) is 0.867. The van der Waals surface area contributed by atoms with Crippen molar-refractivity contribution in [3.05, 3.63) is 0 Å². The van der Waals surface area contributed by atoms with Crippen LogP contribution in [0, 0.1) is 11.8 Å². The lowest BCUT2D eigenvalue weighted by Crippen LogP contribution is -2.60. The quantitative estimate of drug-likeness (QED) is 0.722. The molecule has 3 rings (SSSR count). The number of nitrogens with zero attached hydrogens (tertiary/aromatic N) is 2. The lowest BCUT2D eigenvalue weighted by Gasteiger charge is -2.44. The van der Waals surface area contributed by atoms with Crippen molar-refractivity contribution in [1.82, 2.24) is 9.80 Å². The summed E-state index contributed by atoms with van der Waals surface area (Å²) in [4.78, 5) is 28.4. The van der Waals surface area contributed by atoms with Gasteiger partial charge in [0.05, 0.1) is 0 Å². The molecule has 0 bridgehead atoms. The van der Waals surface area contributed by atoms with Crippen molar-refractivity contribution in [3.63, 3.8) is 0 Å². The minimum Gasteiger partial charge on any atom is -0.329 e. The molecule has 4 nitrogen and oxygen atoms in total. The molecule has 2 aliphatic heterocycles. The Morgan fingerprint density at radius 3 is 2.53 bits per heavy atom. The molecule has 1 saturated carbocycles. The molecular formula is C15H24N2O2. The third kappa shape index (κ3) is 2.15. The Kier molecular flexibility index (Phi) is 3.27. The molecule has 0 N–H and O–H groups in total. The van der Waals surface area contributed by atoms with E-state index in [1.54, 1.807) is 4.90 Å². The molecule has 4 heteroatoms. The summed E-state index contributed by atoms with van der Waals surface area (Å²) in [5.41, 5.74) is 0. The van der Waals surface area contributed by atoms with E-state index in [-0.39, 0.29) is 17.9 Å². The van der Waals surface area contributed by atoms with E-state index in [9.17, 15) is 9.59 Å². The van der Waals surface area contributed by atoms with Crippen LogP contribution in [0.4, 0.5) is 0 Å². The van der Waals surface area contributed by atoms with Gasteiger partial charge in [-0.2, -0.15) is 0 Å². The van der Waals surface area contributed by atoms with E-state index in [4.69, 9.17) is 0 Å². The number of piperazine rings is 1. The van der Waals surface area contributed by atoms with Crippen LogP contribution in [0.3, 0.4) is 0 Å². The van der Waals surface area contributed by atoms with Gasteiger partial charge in [-0.3, -0.25) is 9.59 Å². The Labute approximate surface area is 115 Å². The summed E-state index contributed by atoms with van der Waals surface area (Å²) >= 11 is 0. The second-order valence-corrected chi connectivity index (χ2v) is 6.63. The summed E-state index contributed by atoms with van der Waals surface area (Å²) < 4.78 is 0. The standard InChI is InChI=1S/C15H24N2O2/c1-10-5-6-12(8-11(10)2)17-9-14(18)16-7-3-4-13(16)15(17)19/h10-13H,3-9H2,1-2H3. The predicted molar refractivity (Wildman–Crippen MR) is 72.4 cm³/mol. The fourth-order valence-electron chi connectivity index (χ4n) is 3.94. The van der Waals surface area contributed by atoms with Crippen LogP contribution < -0.4 is 0 Å². The maximum absolute atomic E-state index is 12.6. The molecule has 2 amide bonds. The summed E-state index contributed by atoms with van der Waals surface area (Å²) in [5.74, 6) is 1.77. The zero-order valence-electron chi connectivity index (χ0n) is 12.0. The van der Waals surface area contributed by atoms with Crippen molar-refractivity contribution >= 4 is 11.8 Å². The number of fused-ring (bicyclic) bond motifs is 1. The van der Waals surface area contributed by atoms with Crippen LogP contribution in [0.1, 0.15) is 46.0 Å². The topological polar surface area (TPSA) is 40.6 Å². The van der Waals surface area contributed by atoms with E-state index < -0.39 is 0 Å². The van der Waals surface area contributed by atoms with Gasteiger partial charge < -0.3 is 9.80 Å². The smallest absolute Gasteiger partial charge is 0.246 e. The first-order valence-electron chi connectivity index (χ1n) is 7.68. The second kappa shape index (κ2) is 4.80. The highest BCUT2D eigenvalue weighted by atomic mass is 16.2. The van der Waals surface area contributed by atoms with Crippen molar-refractivity contribution in [2.45, 2.75) is 58.0 Å². The Hall–Kier alpha value is -1.06. The predicted octanol–water partition coefficient (Wildman–Crippen LogP) is 1.64. The van der Waals surface area contributed by atoms with Crippen molar-refractivity contribution in [2.24, 2.45) is 11.8 Å². The van der Waals surface area contributed by atoms with Crippen LogP contribution in [0.5, 0.6) is 0 Å². The summed E-state index contributed by atoms with van der Waals surface area (Å²) in [7, 11) is 0. The normalized spacial score (nSPS) is 39.7. The largest absolute Gasteiger partial charge is 0.329 e. The van der Waals surface area contributed by atoms with Crippen LogP contribution in [0.2, 0.25) is 0 Å². The van der Waals surface area contributed by atoms with Gasteiger partial charge in [0.15, 0.2) is 0 Å². The molecule has 2 heterocycles. The Balaban J connectivity index is 1.74. The van der Waals surface area contributed by atoms with Crippen LogP contribution >= 0.6 is 0 Å². The zero-order valence-corrected chi connectivity index (χ0v) is 12.0. The maximum atomic E-state index is 12.6. The first kappa shape index (κ1) is 12.9. The van der Waals surface area contributed by atoms with E-state index in [1.165, 1.54) is 6.42 Å². The van der Waals surface area contributed by atoms with Crippen molar-refractivity contribution in [1.29, 1.82) is 0 Å². The minimum atomic E-state index is -0.143. The summed E-state index contributed by atoms with van der Waals surface area (Å²) in [6.07, 6.45) is 5.15. The maximum Gasteiger partial charge on any atom is 0.246 e. The first-order chi connectivity index (χ1) is 9.08. The second-order valence-electron chi connectivity index (χ2n) is 6.63. The van der Waals surface area contributed by atoms with E-state index in [0.29, 0.717) is 18.5 Å². The molecule has 0 aromatic carbocycles. The Morgan fingerprint density at radius 2 is 1.79 bits per heavy atom. The number of carbonyl (C=O) groups is 2. The van der Waals surface area contributed by atoms with Gasteiger partial charge in [0.25, 0.3) is 0 Å². The number of hydrogen-bond acceptors (Lipinski definition) is 2. The summed E-state index contributed by atoms with van der Waals surface area (Å²) in [6, 6.07) is 0.154. The van der Waals surface area contributed by atoms with E-state index in [0.717, 1.165) is 38.1 Å². The van der Waals surface area contributed by atoms with E-state index in [1.807, 2.05) is 4.90 Å². The average molecular weight is 264 g/mol. The van der Waals surface area contributed by atoms with Gasteiger partial charge in [0.1, 0.15) is 12.6 Å². The molecule has 3 fully saturated rings. The molecule has 4 unspecified atom stereocenters. The minimum absolute atomic E-state index is 0.143. The lowest BCUT2D eigenvalue weighted by atomic mass is 9.78. The van der Waals surface area contributed by atoms with E-state index in [2.05, 4.69) is 13.8 Å². The fourth-order valence-corrected chi connectivity index (χ4v) is 3.94. The lowest BCUT2D eigenvalue weighted by molar-refractivity contribution is -0.157. The van der Waals surface area contributed by atoms with Gasteiger partial charge >= 0.3 is 0 Å². The van der Waals surface area contributed by atoms with Crippen LogP contribution in [-0.2, 0) is 9.59 Å². The third-order valence-corrected chi connectivity index (χ3v) is 5.46. The van der Waals surface area contributed by atoms with Gasteiger partial charge in [-0.1, -0.05) is 13.8 Å². The summed E-state index contributed by atoms with van der Waals surface area (Å²) in [6.45, 7) is 5.67. The number of amides is 2. The van der Waals surface area contributed by atoms with Crippen LogP contribution in [0.25, 0.3) is 0 Å². The van der Waals surface area contributed by atoms with Gasteiger partial charge in [0, 0.05) is 12.6 Å². The van der Waals surface area contributed by atoms with Gasteiger partial charge in [-0.15, -0.1) is 0 Å². The molecule has 19 heavy (non-hydrogen) atoms. The molecule has 0 radical (unpaired) electrons. The number of hydrogen-bond donors (Lipinski definition) is 0. The zero-order chi connectivity index (χ0) is 13.6. The van der Waals surface area contributed by atoms with Crippen molar-refractivity contribution in [3.8, 4) is 0 Å². The molecule has 3 aliphatic rings. The molecule has 4 atom stereocenters. The summed E-state index contributed by atoms with van der Waals surface area (Å²) in [5, 5.41) is 0. The van der Waals surface area contributed by atoms with Crippen LogP contribution in [-0.4, -0.2) is 46.8 Å². The average Bonchev–Trinajstić information content (AvgIpc) is 2.87.